The van der Waals surface area contributed by atoms with E-state index in [0.29, 0.717) is 5.02 Å². The highest BCUT2D eigenvalue weighted by Crippen LogP contribution is 2.04. The van der Waals surface area contributed by atoms with Crippen LogP contribution in [0.2, 0.25) is 5.02 Å². The molecule has 0 N–H and O–H groups in total. The fraction of sp³-hybridized carbons (Fsp3) is 0. The smallest absolute Gasteiger partial charge is 0.253 e. The average molecular weight is 165 g/mol. The average Bonchev–Trinajstić information content (AvgIpc) is 2.14. The summed E-state index contributed by atoms with van der Waals surface area (Å²) in [6, 6.07) is 0. The van der Waals surface area contributed by atoms with Crippen LogP contribution in [0.1, 0.15) is 0 Å². The molecule has 0 aromatic carbocycles. The van der Waals surface area contributed by atoms with Gasteiger partial charge in [0, 0.05) is 0 Å². The lowest BCUT2D eigenvalue weighted by atomic mass is 10.7. The van der Waals surface area contributed by atoms with E-state index in [4.69, 9.17) is 23.2 Å². The number of carbonyl (C=O) groups is 1. The van der Waals surface area contributed by atoms with Gasteiger partial charge in [-0.3, -0.25) is 4.79 Å². The van der Waals surface area contributed by atoms with Crippen LogP contribution in [0.25, 0.3) is 0 Å². The molecule has 9 heavy (non-hydrogen) atoms. The van der Waals surface area contributed by atoms with Crippen molar-refractivity contribution in [1.82, 2.24) is 9.78 Å². The number of rotatable bonds is 0. The van der Waals surface area contributed by atoms with Gasteiger partial charge >= 0.3 is 5.37 Å². The predicted molar refractivity (Wildman–Crippen MR) is 33.9 cm³/mol. The molecule has 0 saturated carbocycles. The molecule has 0 radical (unpaired) electrons. The van der Waals surface area contributed by atoms with E-state index in [1.54, 1.807) is 0 Å². The largest absolute Gasteiger partial charge is 0.340 e. The van der Waals surface area contributed by atoms with Gasteiger partial charge in [0.15, 0.2) is 0 Å². The SMILES string of the molecule is O=C(Cl)n1cc(Cl)cn1. The number of aromatic nitrogens is 2. The highest BCUT2D eigenvalue weighted by atomic mass is 35.5. The molecular weight excluding hydrogens is 163 g/mol. The zero-order valence-corrected chi connectivity index (χ0v) is 5.73. The Labute approximate surface area is 61.2 Å². The minimum absolute atomic E-state index is 0.393. The Bertz CT molecular complexity index is 232. The lowest BCUT2D eigenvalue weighted by Crippen LogP contribution is -2.00. The van der Waals surface area contributed by atoms with Gasteiger partial charge in [0.2, 0.25) is 0 Å². The Balaban J connectivity index is 2.98. The summed E-state index contributed by atoms with van der Waals surface area (Å²) < 4.78 is 0.948. The standard InChI is InChI=1S/C4H2Cl2N2O/c5-3-1-7-8(2-3)4(6)9/h1-2H. The lowest BCUT2D eigenvalue weighted by molar-refractivity contribution is 0.258. The van der Waals surface area contributed by atoms with Gasteiger partial charge in [-0.15, -0.1) is 0 Å². The van der Waals surface area contributed by atoms with Gasteiger partial charge in [-0.05, 0) is 11.6 Å². The summed E-state index contributed by atoms with van der Waals surface area (Å²) in [5.41, 5.74) is 0. The molecule has 0 amide bonds. The summed E-state index contributed by atoms with van der Waals surface area (Å²) in [6.07, 6.45) is 2.67. The van der Waals surface area contributed by atoms with Crippen LogP contribution in [-0.2, 0) is 0 Å². The van der Waals surface area contributed by atoms with Crippen molar-refractivity contribution in [3.63, 3.8) is 0 Å². The first-order valence-corrected chi connectivity index (χ1v) is 2.86. The van der Waals surface area contributed by atoms with Crippen LogP contribution in [0, 0.1) is 0 Å². The predicted octanol–water partition coefficient (Wildman–Crippen LogP) is 1.74. The van der Waals surface area contributed by atoms with Gasteiger partial charge in [-0.1, -0.05) is 11.6 Å². The van der Waals surface area contributed by atoms with E-state index in [-0.39, 0.29) is 0 Å². The Hall–Kier alpha value is -0.540. The van der Waals surface area contributed by atoms with E-state index in [1.807, 2.05) is 0 Å². The molecule has 3 nitrogen and oxygen atoms in total. The second-order valence-electron chi connectivity index (χ2n) is 1.36. The molecule has 1 heterocycles. The molecule has 0 spiro atoms. The fourth-order valence-corrected chi connectivity index (χ4v) is 0.626. The molecule has 48 valence electrons. The molecule has 0 unspecified atom stereocenters. The van der Waals surface area contributed by atoms with Gasteiger partial charge in [0.05, 0.1) is 17.4 Å². The minimum Gasteiger partial charge on any atom is -0.253 e. The second kappa shape index (κ2) is 2.37. The van der Waals surface area contributed by atoms with E-state index in [1.165, 1.54) is 12.4 Å². The number of hydrogen-bond acceptors (Lipinski definition) is 2. The van der Waals surface area contributed by atoms with Crippen molar-refractivity contribution in [1.29, 1.82) is 0 Å². The fourth-order valence-electron chi connectivity index (χ4n) is 0.397. The van der Waals surface area contributed by atoms with E-state index in [2.05, 4.69) is 5.10 Å². The third-order valence-electron chi connectivity index (χ3n) is 0.731. The summed E-state index contributed by atoms with van der Waals surface area (Å²) in [5, 5.41) is 3.25. The highest BCUT2D eigenvalue weighted by Gasteiger charge is 1.99. The summed E-state index contributed by atoms with van der Waals surface area (Å²) in [5.74, 6) is 0. The molecule has 0 fully saturated rings. The normalized spacial score (nSPS) is 9.56. The summed E-state index contributed by atoms with van der Waals surface area (Å²) in [6.45, 7) is 0. The monoisotopic (exact) mass is 164 g/mol. The molecule has 0 aliphatic rings. The number of carbonyl (C=O) groups excluding carboxylic acids is 1. The van der Waals surface area contributed by atoms with Crippen molar-refractivity contribution < 1.29 is 4.79 Å². The van der Waals surface area contributed by atoms with Crippen molar-refractivity contribution in [2.45, 2.75) is 0 Å². The van der Waals surface area contributed by atoms with Gasteiger partial charge in [-0.25, -0.2) is 0 Å². The van der Waals surface area contributed by atoms with Crippen molar-refractivity contribution in [3.8, 4) is 0 Å². The maximum absolute atomic E-state index is 10.3. The van der Waals surface area contributed by atoms with Crippen molar-refractivity contribution >= 4 is 28.6 Å². The van der Waals surface area contributed by atoms with Crippen molar-refractivity contribution in [2.24, 2.45) is 0 Å². The van der Waals surface area contributed by atoms with Gasteiger partial charge in [0.25, 0.3) is 0 Å². The molecule has 0 saturated heterocycles. The topological polar surface area (TPSA) is 34.9 Å². The Morgan fingerprint density at radius 2 is 2.44 bits per heavy atom. The molecule has 0 atom stereocenters. The van der Waals surface area contributed by atoms with E-state index < -0.39 is 5.37 Å². The van der Waals surface area contributed by atoms with Crippen LogP contribution in [0.4, 0.5) is 4.79 Å². The van der Waals surface area contributed by atoms with E-state index in [0.717, 1.165) is 4.68 Å². The zero-order chi connectivity index (χ0) is 6.85. The molecule has 0 aliphatic heterocycles. The molecule has 0 bridgehead atoms. The van der Waals surface area contributed by atoms with Gasteiger partial charge in [0.1, 0.15) is 0 Å². The first kappa shape index (κ1) is 6.58. The van der Waals surface area contributed by atoms with E-state index in [9.17, 15) is 4.79 Å². The lowest BCUT2D eigenvalue weighted by Gasteiger charge is -1.84. The summed E-state index contributed by atoms with van der Waals surface area (Å²) in [7, 11) is 0. The second-order valence-corrected chi connectivity index (χ2v) is 2.12. The molecule has 5 heteroatoms. The Morgan fingerprint density at radius 3 is 2.67 bits per heavy atom. The molecule has 1 aromatic heterocycles. The molecule has 1 aromatic rings. The number of halogens is 2. The quantitative estimate of drug-likeness (QED) is 0.548. The third kappa shape index (κ3) is 1.43. The summed E-state index contributed by atoms with van der Waals surface area (Å²) in [4.78, 5) is 10.3. The number of nitrogens with zero attached hydrogens (tertiary/aromatic N) is 2. The highest BCUT2D eigenvalue weighted by molar-refractivity contribution is 6.63. The minimum atomic E-state index is -0.665. The number of hydrogen-bond donors (Lipinski definition) is 0. The van der Waals surface area contributed by atoms with Gasteiger partial charge < -0.3 is 0 Å². The summed E-state index contributed by atoms with van der Waals surface area (Å²) >= 11 is 10.4. The Kier molecular flexibility index (Phi) is 1.73. The van der Waals surface area contributed by atoms with Crippen molar-refractivity contribution in [2.75, 3.05) is 0 Å². The van der Waals surface area contributed by atoms with Crippen LogP contribution >= 0.6 is 23.2 Å². The maximum Gasteiger partial charge on any atom is 0.340 e. The molecular formula is C4H2Cl2N2O. The van der Waals surface area contributed by atoms with E-state index >= 15 is 0 Å². The first-order valence-electron chi connectivity index (χ1n) is 2.10. The molecule has 0 aliphatic carbocycles. The molecule has 1 rings (SSSR count). The van der Waals surface area contributed by atoms with Crippen LogP contribution in [0.15, 0.2) is 12.4 Å². The van der Waals surface area contributed by atoms with Gasteiger partial charge in [-0.2, -0.15) is 9.78 Å². The van der Waals surface area contributed by atoms with Crippen molar-refractivity contribution in [3.05, 3.63) is 17.4 Å². The third-order valence-corrected chi connectivity index (χ3v) is 1.10. The van der Waals surface area contributed by atoms with Crippen LogP contribution in [0.5, 0.6) is 0 Å². The van der Waals surface area contributed by atoms with Crippen LogP contribution in [-0.4, -0.2) is 15.1 Å². The first-order chi connectivity index (χ1) is 4.20. The zero-order valence-electron chi connectivity index (χ0n) is 4.21. The maximum atomic E-state index is 10.3. The van der Waals surface area contributed by atoms with Crippen LogP contribution in [0.3, 0.4) is 0 Å². The van der Waals surface area contributed by atoms with Crippen LogP contribution < -0.4 is 0 Å². The Morgan fingerprint density at radius 1 is 1.78 bits per heavy atom.